The van der Waals surface area contributed by atoms with Crippen molar-refractivity contribution < 1.29 is 22.7 Å². The normalized spacial score (nSPS) is 15.7. The Morgan fingerprint density at radius 2 is 1.66 bits per heavy atom. The number of esters is 1. The van der Waals surface area contributed by atoms with Gasteiger partial charge in [-0.25, -0.2) is 13.2 Å². The minimum absolute atomic E-state index is 0.223. The van der Waals surface area contributed by atoms with E-state index in [1.807, 2.05) is 12.1 Å². The van der Waals surface area contributed by atoms with Crippen LogP contribution in [0.5, 0.6) is 5.75 Å². The van der Waals surface area contributed by atoms with Gasteiger partial charge in [0.25, 0.3) is 0 Å². The fourth-order valence-electron chi connectivity index (χ4n) is 4.76. The maximum atomic E-state index is 13.9. The van der Waals surface area contributed by atoms with E-state index in [0.29, 0.717) is 30.0 Å². The molecule has 0 aromatic heterocycles. The van der Waals surface area contributed by atoms with E-state index in [1.165, 1.54) is 7.11 Å². The lowest BCUT2D eigenvalue weighted by Gasteiger charge is -2.33. The maximum Gasteiger partial charge on any atom is 0.339 e. The molecule has 1 fully saturated rings. The molecule has 0 radical (unpaired) electrons. The minimum Gasteiger partial charge on any atom is -0.497 e. The van der Waals surface area contributed by atoms with Crippen LogP contribution in [0.4, 0.5) is 5.69 Å². The summed E-state index contributed by atoms with van der Waals surface area (Å²) in [5.74, 6) is 0.106. The SMILES string of the molecule is CCCCCCCC(Nc1c(CN2CCN(C)CC2)cccc1C(=O)OC)S(=O)(=O)c1ccc(OC)cc1. The number of nitrogens with one attached hydrogen (secondary N) is 1. The lowest BCUT2D eigenvalue weighted by Crippen LogP contribution is -2.44. The highest BCUT2D eigenvalue weighted by Gasteiger charge is 2.30. The molecule has 0 spiro atoms. The number of carbonyl (C=O) groups excluding carboxylic acids is 1. The van der Waals surface area contributed by atoms with Crippen molar-refractivity contribution in [3.8, 4) is 5.75 Å². The van der Waals surface area contributed by atoms with Crippen molar-refractivity contribution in [1.82, 2.24) is 9.80 Å². The quantitative estimate of drug-likeness (QED) is 0.268. The molecule has 1 heterocycles. The van der Waals surface area contributed by atoms with Gasteiger partial charge in [-0.2, -0.15) is 0 Å². The van der Waals surface area contributed by atoms with E-state index in [4.69, 9.17) is 9.47 Å². The number of rotatable bonds is 14. The smallest absolute Gasteiger partial charge is 0.339 e. The van der Waals surface area contributed by atoms with Crippen molar-refractivity contribution >= 4 is 21.5 Å². The Morgan fingerprint density at radius 1 is 0.974 bits per heavy atom. The highest BCUT2D eigenvalue weighted by molar-refractivity contribution is 7.92. The number of unbranched alkanes of at least 4 members (excludes halogenated alkanes) is 4. The molecular weight excluding hydrogens is 502 g/mol. The van der Waals surface area contributed by atoms with Crippen LogP contribution in [0, 0.1) is 0 Å². The lowest BCUT2D eigenvalue weighted by atomic mass is 10.0. The molecule has 0 bridgehead atoms. The summed E-state index contributed by atoms with van der Waals surface area (Å²) in [5.41, 5.74) is 1.77. The fraction of sp³-hybridized carbons (Fsp3) is 0.552. The van der Waals surface area contributed by atoms with Gasteiger partial charge in [-0.1, -0.05) is 51.2 Å². The number of anilines is 1. The largest absolute Gasteiger partial charge is 0.497 e. The predicted octanol–water partition coefficient (Wildman–Crippen LogP) is 4.80. The van der Waals surface area contributed by atoms with Crippen LogP contribution in [0.25, 0.3) is 0 Å². The van der Waals surface area contributed by atoms with Gasteiger partial charge in [0.1, 0.15) is 11.1 Å². The minimum atomic E-state index is -3.76. The number of para-hydroxylation sites is 1. The van der Waals surface area contributed by atoms with Gasteiger partial charge in [-0.05, 0) is 49.4 Å². The summed E-state index contributed by atoms with van der Waals surface area (Å²) in [4.78, 5) is 17.6. The Hall–Kier alpha value is -2.62. The number of likely N-dealkylation sites (N-methyl/N-ethyl adjacent to an activating group) is 1. The van der Waals surface area contributed by atoms with Gasteiger partial charge in [0.05, 0.1) is 30.4 Å². The predicted molar refractivity (Wildman–Crippen MR) is 152 cm³/mol. The number of piperazine rings is 1. The highest BCUT2D eigenvalue weighted by atomic mass is 32.2. The third-order valence-corrected chi connectivity index (χ3v) is 9.22. The second-order valence-corrected chi connectivity index (χ2v) is 12.1. The second-order valence-electron chi connectivity index (χ2n) is 9.97. The Morgan fingerprint density at radius 3 is 2.29 bits per heavy atom. The fourth-order valence-corrected chi connectivity index (χ4v) is 6.35. The van der Waals surface area contributed by atoms with Gasteiger partial charge in [-0.15, -0.1) is 0 Å². The molecule has 1 aliphatic rings. The van der Waals surface area contributed by atoms with E-state index in [1.54, 1.807) is 37.4 Å². The molecule has 9 heteroatoms. The molecule has 1 saturated heterocycles. The molecule has 38 heavy (non-hydrogen) atoms. The topological polar surface area (TPSA) is 88.2 Å². The summed E-state index contributed by atoms with van der Waals surface area (Å²) in [6.07, 6.45) is 5.47. The average molecular weight is 546 g/mol. The molecule has 0 amide bonds. The summed E-state index contributed by atoms with van der Waals surface area (Å²) in [6, 6.07) is 12.0. The molecule has 0 saturated carbocycles. The van der Waals surface area contributed by atoms with Crippen molar-refractivity contribution in [2.45, 2.75) is 62.3 Å². The molecule has 1 unspecified atom stereocenters. The molecule has 2 aromatic rings. The first-order valence-electron chi connectivity index (χ1n) is 13.6. The molecule has 1 N–H and O–H groups in total. The van der Waals surface area contributed by atoms with Gasteiger partial charge < -0.3 is 19.7 Å². The van der Waals surface area contributed by atoms with E-state index in [9.17, 15) is 13.2 Å². The van der Waals surface area contributed by atoms with Crippen LogP contribution in [0.1, 0.15) is 61.4 Å². The number of benzene rings is 2. The van der Waals surface area contributed by atoms with Crippen LogP contribution in [0.15, 0.2) is 47.4 Å². The van der Waals surface area contributed by atoms with Gasteiger partial charge in [-0.3, -0.25) is 4.90 Å². The number of nitrogens with zero attached hydrogens (tertiary/aromatic N) is 2. The highest BCUT2D eigenvalue weighted by Crippen LogP contribution is 2.30. The van der Waals surface area contributed by atoms with E-state index < -0.39 is 21.2 Å². The van der Waals surface area contributed by atoms with Crippen molar-refractivity contribution in [2.24, 2.45) is 0 Å². The summed E-state index contributed by atoms with van der Waals surface area (Å²) in [5, 5.41) is 2.44. The molecule has 0 aliphatic carbocycles. The summed E-state index contributed by atoms with van der Waals surface area (Å²) in [6.45, 7) is 6.51. The van der Waals surface area contributed by atoms with Crippen molar-refractivity contribution in [3.63, 3.8) is 0 Å². The maximum absolute atomic E-state index is 13.9. The van der Waals surface area contributed by atoms with E-state index in [0.717, 1.165) is 63.8 Å². The number of sulfone groups is 1. The van der Waals surface area contributed by atoms with Crippen molar-refractivity contribution in [1.29, 1.82) is 0 Å². The zero-order chi connectivity index (χ0) is 27.5. The first-order chi connectivity index (χ1) is 18.3. The summed E-state index contributed by atoms with van der Waals surface area (Å²) in [7, 11) is 1.24. The average Bonchev–Trinajstić information content (AvgIpc) is 2.93. The summed E-state index contributed by atoms with van der Waals surface area (Å²) >= 11 is 0. The zero-order valence-corrected chi connectivity index (χ0v) is 24.1. The van der Waals surface area contributed by atoms with E-state index in [2.05, 4.69) is 29.1 Å². The molecule has 1 atom stereocenters. The third kappa shape index (κ3) is 7.94. The van der Waals surface area contributed by atoms with Crippen molar-refractivity contribution in [3.05, 3.63) is 53.6 Å². The van der Waals surface area contributed by atoms with Crippen LogP contribution < -0.4 is 10.1 Å². The summed E-state index contributed by atoms with van der Waals surface area (Å²) < 4.78 is 38.1. The number of hydrogen-bond acceptors (Lipinski definition) is 8. The standard InChI is InChI=1S/C29H43N3O5S/c1-5-6-7-8-9-13-27(38(34,35)25-16-14-24(36-3)15-17-25)30-28-23(11-10-12-26(28)29(33)37-4)22-32-20-18-31(2)19-21-32/h10-12,14-17,27,30H,5-9,13,18-22H2,1-4H3. The van der Waals surface area contributed by atoms with Gasteiger partial charge in [0.2, 0.25) is 0 Å². The van der Waals surface area contributed by atoms with Crippen LogP contribution in [0.2, 0.25) is 0 Å². The van der Waals surface area contributed by atoms with Crippen LogP contribution >= 0.6 is 0 Å². The number of methoxy groups -OCH3 is 2. The van der Waals surface area contributed by atoms with E-state index >= 15 is 0 Å². The molecule has 2 aromatic carbocycles. The third-order valence-electron chi connectivity index (χ3n) is 7.18. The zero-order valence-electron chi connectivity index (χ0n) is 23.2. The molecule has 3 rings (SSSR count). The monoisotopic (exact) mass is 545 g/mol. The first kappa shape index (κ1) is 29.9. The second kappa shape index (κ2) is 14.5. The van der Waals surface area contributed by atoms with Crippen LogP contribution in [-0.2, 0) is 21.1 Å². The van der Waals surface area contributed by atoms with Gasteiger partial charge >= 0.3 is 5.97 Å². The molecule has 210 valence electrons. The first-order valence-corrected chi connectivity index (χ1v) is 15.1. The molecular formula is C29H43N3O5S. The number of hydrogen-bond donors (Lipinski definition) is 1. The Bertz CT molecular complexity index is 1130. The van der Waals surface area contributed by atoms with E-state index in [-0.39, 0.29) is 4.90 Å². The van der Waals surface area contributed by atoms with Crippen molar-refractivity contribution in [2.75, 3.05) is 52.8 Å². The molecule has 1 aliphatic heterocycles. The number of carbonyl (C=O) groups is 1. The lowest BCUT2D eigenvalue weighted by molar-refractivity contribution is 0.0601. The van der Waals surface area contributed by atoms with Gasteiger partial charge in [0.15, 0.2) is 9.84 Å². The Balaban J connectivity index is 1.96. The Labute approximate surface area is 228 Å². The molecule has 8 nitrogen and oxygen atoms in total. The van der Waals surface area contributed by atoms with Crippen LogP contribution in [-0.4, -0.2) is 77.0 Å². The van der Waals surface area contributed by atoms with Gasteiger partial charge in [0, 0.05) is 32.7 Å². The van der Waals surface area contributed by atoms with Crippen LogP contribution in [0.3, 0.4) is 0 Å². The number of ether oxygens (including phenoxy) is 2. The Kier molecular flexibility index (Phi) is 11.4.